The van der Waals surface area contributed by atoms with Gasteiger partial charge in [0.1, 0.15) is 0 Å². The SMILES string of the molecule is CCO/C(=C/[C@@H](C)CC)[C@H](CC)[N+](=O)[O-]. The molecule has 2 atom stereocenters. The van der Waals surface area contributed by atoms with Crippen molar-refractivity contribution in [2.45, 2.75) is 46.6 Å². The number of hydrogen-bond acceptors (Lipinski definition) is 3. The summed E-state index contributed by atoms with van der Waals surface area (Å²) >= 11 is 0. The number of allylic oxidation sites excluding steroid dienone is 1. The third kappa shape index (κ3) is 4.81. The van der Waals surface area contributed by atoms with E-state index in [1.807, 2.05) is 19.9 Å². The van der Waals surface area contributed by atoms with Crippen LogP contribution in [0.3, 0.4) is 0 Å². The number of rotatable bonds is 7. The molecule has 0 saturated heterocycles. The minimum Gasteiger partial charge on any atom is -0.491 e. The fourth-order valence-electron chi connectivity index (χ4n) is 1.27. The van der Waals surface area contributed by atoms with Crippen LogP contribution in [-0.4, -0.2) is 17.6 Å². The normalized spacial score (nSPS) is 15.9. The lowest BCUT2D eigenvalue weighted by molar-refractivity contribution is -0.517. The highest BCUT2D eigenvalue weighted by Gasteiger charge is 2.24. The van der Waals surface area contributed by atoms with Gasteiger partial charge in [0.15, 0.2) is 5.76 Å². The summed E-state index contributed by atoms with van der Waals surface area (Å²) in [6, 6.07) is -0.695. The molecule has 0 aliphatic carbocycles. The topological polar surface area (TPSA) is 52.4 Å². The average molecular weight is 215 g/mol. The van der Waals surface area contributed by atoms with Gasteiger partial charge >= 0.3 is 0 Å². The van der Waals surface area contributed by atoms with Gasteiger partial charge in [0.05, 0.1) is 6.61 Å². The Balaban J connectivity index is 4.75. The van der Waals surface area contributed by atoms with Crippen LogP contribution in [0.2, 0.25) is 0 Å². The highest BCUT2D eigenvalue weighted by Crippen LogP contribution is 2.16. The van der Waals surface area contributed by atoms with Gasteiger partial charge in [-0.3, -0.25) is 10.1 Å². The second-order valence-electron chi connectivity index (χ2n) is 3.60. The predicted molar refractivity (Wildman–Crippen MR) is 60.2 cm³/mol. The van der Waals surface area contributed by atoms with Crippen LogP contribution in [0.25, 0.3) is 0 Å². The molecule has 0 heterocycles. The molecule has 0 aromatic rings. The molecule has 0 amide bonds. The van der Waals surface area contributed by atoms with E-state index in [2.05, 4.69) is 6.92 Å². The molecule has 0 aliphatic rings. The molecule has 0 spiro atoms. The van der Waals surface area contributed by atoms with Crippen molar-refractivity contribution in [3.63, 3.8) is 0 Å². The largest absolute Gasteiger partial charge is 0.491 e. The zero-order valence-electron chi connectivity index (χ0n) is 10.0. The van der Waals surface area contributed by atoms with Crippen molar-refractivity contribution in [1.82, 2.24) is 0 Å². The summed E-state index contributed by atoms with van der Waals surface area (Å²) in [5.41, 5.74) is 0. The molecule has 0 aromatic carbocycles. The lowest BCUT2D eigenvalue weighted by atomic mass is 10.1. The molecule has 0 aromatic heterocycles. The van der Waals surface area contributed by atoms with Crippen LogP contribution in [0.4, 0.5) is 0 Å². The maximum absolute atomic E-state index is 10.8. The van der Waals surface area contributed by atoms with E-state index in [-0.39, 0.29) is 4.92 Å². The van der Waals surface area contributed by atoms with E-state index in [0.29, 0.717) is 24.7 Å². The van der Waals surface area contributed by atoms with Gasteiger partial charge in [0, 0.05) is 11.3 Å². The van der Waals surface area contributed by atoms with Crippen LogP contribution in [-0.2, 0) is 4.74 Å². The third-order valence-electron chi connectivity index (χ3n) is 2.37. The molecule has 0 rings (SSSR count). The first kappa shape index (κ1) is 13.9. The van der Waals surface area contributed by atoms with Crippen molar-refractivity contribution >= 4 is 0 Å². The molecular formula is C11H21NO3. The summed E-state index contributed by atoms with van der Waals surface area (Å²) in [5.74, 6) is 0.833. The highest BCUT2D eigenvalue weighted by atomic mass is 16.6. The van der Waals surface area contributed by atoms with E-state index in [0.717, 1.165) is 6.42 Å². The zero-order valence-corrected chi connectivity index (χ0v) is 10.0. The smallest absolute Gasteiger partial charge is 0.268 e. The standard InChI is InChI=1S/C11H21NO3/c1-5-9(4)8-11(15-7-3)10(6-2)12(13)14/h8-10H,5-7H2,1-4H3/b11-8+/t9-,10-/m0/s1. The molecule has 0 radical (unpaired) electrons. The van der Waals surface area contributed by atoms with Crippen LogP contribution in [0.15, 0.2) is 11.8 Å². The Bertz CT molecular complexity index is 226. The first-order chi connectivity index (χ1) is 7.06. The Kier molecular flexibility index (Phi) is 6.75. The Morgan fingerprint density at radius 3 is 2.33 bits per heavy atom. The maximum Gasteiger partial charge on any atom is 0.268 e. The number of ether oxygens (including phenoxy) is 1. The molecular weight excluding hydrogens is 194 g/mol. The van der Waals surface area contributed by atoms with Gasteiger partial charge in [-0.1, -0.05) is 20.8 Å². The molecule has 0 fully saturated rings. The quantitative estimate of drug-likeness (QED) is 0.372. The van der Waals surface area contributed by atoms with Gasteiger partial charge < -0.3 is 4.74 Å². The van der Waals surface area contributed by atoms with Crippen LogP contribution >= 0.6 is 0 Å². The summed E-state index contributed by atoms with van der Waals surface area (Å²) in [6.07, 6.45) is 3.31. The number of hydrogen-bond donors (Lipinski definition) is 0. The Hall–Kier alpha value is -1.06. The first-order valence-electron chi connectivity index (χ1n) is 5.54. The van der Waals surface area contributed by atoms with Crippen molar-refractivity contribution in [2.24, 2.45) is 5.92 Å². The maximum atomic E-state index is 10.8. The third-order valence-corrected chi connectivity index (χ3v) is 2.37. The summed E-state index contributed by atoms with van der Waals surface area (Å²) in [4.78, 5) is 10.5. The van der Waals surface area contributed by atoms with Gasteiger partial charge in [-0.2, -0.15) is 0 Å². The van der Waals surface area contributed by atoms with Gasteiger partial charge in [-0.25, -0.2) is 0 Å². The van der Waals surface area contributed by atoms with E-state index in [4.69, 9.17) is 4.74 Å². The lowest BCUT2D eigenvalue weighted by Crippen LogP contribution is -2.23. The minimum absolute atomic E-state index is 0.274. The van der Waals surface area contributed by atoms with Gasteiger partial charge in [-0.05, 0) is 25.3 Å². The molecule has 0 N–H and O–H groups in total. The number of nitro groups is 1. The van der Waals surface area contributed by atoms with Crippen LogP contribution in [0, 0.1) is 16.0 Å². The molecule has 88 valence electrons. The Labute approximate surface area is 91.5 Å². The predicted octanol–water partition coefficient (Wildman–Crippen LogP) is 3.01. The van der Waals surface area contributed by atoms with E-state index >= 15 is 0 Å². The van der Waals surface area contributed by atoms with Crippen LogP contribution in [0.1, 0.15) is 40.5 Å². The molecule has 4 nitrogen and oxygen atoms in total. The van der Waals surface area contributed by atoms with Gasteiger partial charge in [0.2, 0.25) is 0 Å². The Morgan fingerprint density at radius 2 is 2.00 bits per heavy atom. The molecule has 0 bridgehead atoms. The van der Waals surface area contributed by atoms with Crippen molar-refractivity contribution in [3.05, 3.63) is 21.9 Å². The molecule has 15 heavy (non-hydrogen) atoms. The van der Waals surface area contributed by atoms with E-state index in [9.17, 15) is 10.1 Å². The monoisotopic (exact) mass is 215 g/mol. The van der Waals surface area contributed by atoms with Crippen LogP contribution in [0.5, 0.6) is 0 Å². The average Bonchev–Trinajstić information content (AvgIpc) is 2.18. The molecule has 0 unspecified atom stereocenters. The number of nitrogens with zero attached hydrogens (tertiary/aromatic N) is 1. The van der Waals surface area contributed by atoms with E-state index in [1.165, 1.54) is 0 Å². The molecule has 0 aliphatic heterocycles. The summed E-state index contributed by atoms with van der Waals surface area (Å²) < 4.78 is 5.35. The second-order valence-corrected chi connectivity index (χ2v) is 3.60. The highest BCUT2D eigenvalue weighted by molar-refractivity contribution is 5.01. The van der Waals surface area contributed by atoms with Crippen molar-refractivity contribution in [2.75, 3.05) is 6.61 Å². The summed E-state index contributed by atoms with van der Waals surface area (Å²) in [5, 5.41) is 10.8. The van der Waals surface area contributed by atoms with Gasteiger partial charge in [-0.15, -0.1) is 0 Å². The Morgan fingerprint density at radius 1 is 1.40 bits per heavy atom. The zero-order chi connectivity index (χ0) is 11.8. The first-order valence-corrected chi connectivity index (χ1v) is 5.54. The van der Waals surface area contributed by atoms with Crippen molar-refractivity contribution < 1.29 is 9.66 Å². The second kappa shape index (κ2) is 7.26. The van der Waals surface area contributed by atoms with Crippen molar-refractivity contribution in [3.8, 4) is 0 Å². The summed E-state index contributed by atoms with van der Waals surface area (Å²) in [6.45, 7) is 8.21. The van der Waals surface area contributed by atoms with Crippen molar-refractivity contribution in [1.29, 1.82) is 0 Å². The van der Waals surface area contributed by atoms with Gasteiger partial charge in [0.25, 0.3) is 6.04 Å². The fraction of sp³-hybridized carbons (Fsp3) is 0.818. The van der Waals surface area contributed by atoms with Crippen LogP contribution < -0.4 is 0 Å². The fourth-order valence-corrected chi connectivity index (χ4v) is 1.27. The molecule has 4 heteroatoms. The molecule has 0 saturated carbocycles. The lowest BCUT2D eigenvalue weighted by Gasteiger charge is -2.14. The van der Waals surface area contributed by atoms with E-state index < -0.39 is 6.04 Å². The van der Waals surface area contributed by atoms with E-state index in [1.54, 1.807) is 6.92 Å². The minimum atomic E-state index is -0.695. The summed E-state index contributed by atoms with van der Waals surface area (Å²) in [7, 11) is 0.